The number of phenolic OH excluding ortho intramolecular Hbond substituents is 1. The zero-order chi connectivity index (χ0) is 36.7. The third-order valence-corrected chi connectivity index (χ3v) is 9.14. The van der Waals surface area contributed by atoms with Crippen LogP contribution in [0.3, 0.4) is 0 Å². The van der Waals surface area contributed by atoms with E-state index in [4.69, 9.17) is 11.5 Å². The number of phenols is 1. The predicted molar refractivity (Wildman–Crippen MR) is 180 cm³/mol. The smallest absolute Gasteiger partial charge is 0.243 e. The largest absolute Gasteiger partial charge is 0.508 e. The van der Waals surface area contributed by atoms with Crippen LogP contribution in [0.25, 0.3) is 0 Å². The van der Waals surface area contributed by atoms with E-state index in [0.29, 0.717) is 24.2 Å². The van der Waals surface area contributed by atoms with Crippen LogP contribution in [0.2, 0.25) is 0 Å². The van der Waals surface area contributed by atoms with Crippen molar-refractivity contribution < 1.29 is 43.5 Å². The highest BCUT2D eigenvalue weighted by Gasteiger charge is 2.37. The van der Waals surface area contributed by atoms with Crippen LogP contribution in [-0.2, 0) is 44.8 Å². The molecule has 1 aromatic rings. The van der Waals surface area contributed by atoms with Gasteiger partial charge in [0, 0.05) is 25.0 Å². The molecular formula is C32H47N7O9S. The monoisotopic (exact) mass is 705 g/mol. The second-order valence-electron chi connectivity index (χ2n) is 12.0. The zero-order valence-electron chi connectivity index (χ0n) is 27.9. The molecular weight excluding hydrogens is 658 g/mol. The fourth-order valence-corrected chi connectivity index (χ4v) is 5.94. The zero-order valence-corrected chi connectivity index (χ0v) is 28.7. The van der Waals surface area contributed by atoms with E-state index in [1.165, 1.54) is 30.8 Å². The van der Waals surface area contributed by atoms with Crippen LogP contribution in [0, 0.1) is 5.92 Å². The molecule has 1 aliphatic rings. The molecule has 0 spiro atoms. The summed E-state index contributed by atoms with van der Waals surface area (Å²) >= 11 is 1.34. The molecule has 10 N–H and O–H groups in total. The first-order chi connectivity index (χ1) is 23.1. The number of carbonyl (C=O) groups is 8. The van der Waals surface area contributed by atoms with Crippen LogP contribution in [0.5, 0.6) is 5.75 Å². The molecule has 1 fully saturated rings. The fraction of sp³-hybridized carbons (Fsp3) is 0.562. The van der Waals surface area contributed by atoms with Gasteiger partial charge in [0.15, 0.2) is 0 Å². The van der Waals surface area contributed by atoms with Gasteiger partial charge >= 0.3 is 0 Å². The summed E-state index contributed by atoms with van der Waals surface area (Å²) in [7, 11) is 0. The highest BCUT2D eigenvalue weighted by atomic mass is 32.2. The van der Waals surface area contributed by atoms with Crippen LogP contribution in [0.4, 0.5) is 0 Å². The molecule has 2 rings (SSSR count). The predicted octanol–water partition coefficient (Wildman–Crippen LogP) is -1.34. The first-order valence-electron chi connectivity index (χ1n) is 16.0. The summed E-state index contributed by atoms with van der Waals surface area (Å²) in [4.78, 5) is 103. The lowest BCUT2D eigenvalue weighted by Crippen LogP contribution is -2.60. The average molecular weight is 706 g/mol. The third kappa shape index (κ3) is 14.0. The Hall–Kier alpha value is -4.35. The van der Waals surface area contributed by atoms with Crippen LogP contribution >= 0.6 is 11.8 Å². The van der Waals surface area contributed by atoms with Gasteiger partial charge in [-0.25, -0.2) is 10.9 Å². The van der Waals surface area contributed by atoms with Crippen LogP contribution < -0.4 is 38.3 Å². The van der Waals surface area contributed by atoms with E-state index in [1.807, 2.05) is 0 Å². The van der Waals surface area contributed by atoms with Crippen molar-refractivity contribution in [2.24, 2.45) is 17.4 Å². The van der Waals surface area contributed by atoms with Crippen molar-refractivity contribution in [1.82, 2.24) is 26.8 Å². The number of rotatable bonds is 10. The maximum absolute atomic E-state index is 13.7. The minimum Gasteiger partial charge on any atom is -0.508 e. The van der Waals surface area contributed by atoms with Crippen LogP contribution in [-0.4, -0.2) is 93.7 Å². The lowest BCUT2D eigenvalue weighted by atomic mass is 9.94. The Morgan fingerprint density at radius 1 is 0.898 bits per heavy atom. The molecule has 5 amide bonds. The molecule has 1 saturated heterocycles. The van der Waals surface area contributed by atoms with E-state index < -0.39 is 83.7 Å². The Labute approximate surface area is 289 Å². The number of Topliss-reactive ketones (excluding diaryl/α,β-unsaturated/α-hetero) is 3. The SMILES string of the molecule is CC[C@H](C)[C@@H]1NC(=O)[C@H](Cc2ccc(O)cc2)NC(=O)CCCSC[C@@H](C(C)=O)NN[C@@H](CC(N)=O)C(=O)C(=O)[C@H](CCC(N)=O)NC1=O. The molecule has 0 bridgehead atoms. The minimum absolute atomic E-state index is 0.0114. The average Bonchev–Trinajstić information content (AvgIpc) is 3.04. The van der Waals surface area contributed by atoms with Crippen molar-refractivity contribution in [3.8, 4) is 5.75 Å². The maximum atomic E-state index is 13.7. The molecule has 270 valence electrons. The quantitative estimate of drug-likeness (QED) is 0.132. The Balaban J connectivity index is 2.52. The first kappa shape index (κ1) is 40.8. The number of carbonyl (C=O) groups excluding carboxylic acids is 8. The van der Waals surface area contributed by atoms with Gasteiger partial charge in [0.2, 0.25) is 41.1 Å². The third-order valence-electron chi connectivity index (χ3n) is 8.00. The Morgan fingerprint density at radius 3 is 2.14 bits per heavy atom. The minimum atomic E-state index is -1.58. The fourth-order valence-electron chi connectivity index (χ4n) is 4.87. The molecule has 6 atom stereocenters. The lowest BCUT2D eigenvalue weighted by Gasteiger charge is -2.29. The van der Waals surface area contributed by atoms with Crippen molar-refractivity contribution >= 4 is 58.6 Å². The molecule has 17 heteroatoms. The summed E-state index contributed by atoms with van der Waals surface area (Å²) in [6.07, 6.45) is -0.514. The Bertz CT molecular complexity index is 1370. The van der Waals surface area contributed by atoms with E-state index in [2.05, 4.69) is 26.8 Å². The highest BCUT2D eigenvalue weighted by molar-refractivity contribution is 7.99. The van der Waals surface area contributed by atoms with Crippen LogP contribution in [0.15, 0.2) is 24.3 Å². The summed E-state index contributed by atoms with van der Waals surface area (Å²) in [5.74, 6) is -6.15. The van der Waals surface area contributed by atoms with Gasteiger partial charge < -0.3 is 32.5 Å². The second-order valence-corrected chi connectivity index (χ2v) is 13.2. The topological polar surface area (TPSA) is 269 Å². The van der Waals surface area contributed by atoms with Crippen molar-refractivity contribution in [2.75, 3.05) is 11.5 Å². The van der Waals surface area contributed by atoms with Crippen molar-refractivity contribution in [3.63, 3.8) is 0 Å². The number of amides is 5. The molecule has 49 heavy (non-hydrogen) atoms. The van der Waals surface area contributed by atoms with Gasteiger partial charge in [0.1, 0.15) is 23.6 Å². The van der Waals surface area contributed by atoms with E-state index in [9.17, 15) is 43.5 Å². The van der Waals surface area contributed by atoms with Gasteiger partial charge in [-0.15, -0.1) is 0 Å². The van der Waals surface area contributed by atoms with Gasteiger partial charge in [-0.05, 0) is 49.1 Å². The first-order valence-corrected chi connectivity index (χ1v) is 17.2. The molecule has 16 nitrogen and oxygen atoms in total. The standard InChI is InChI=1S/C32H47N7O9S/c1-4-17(2)28-32(48)36-21(11-12-25(33)42)29(45)30(46)22(15-26(34)43)38-39-24(18(3)40)16-49-13-5-6-27(44)35-23(31(47)37-28)14-19-7-9-20(41)10-8-19/h7-10,17,21-24,28,38-39,41H,4-6,11-16H2,1-3H3,(H2,33,42)(H2,34,43)(H,35,44)(H,36,48)(H,37,47)/t17-,21-,22-,23-,24-,28-/m0/s1. The summed E-state index contributed by atoms with van der Waals surface area (Å²) < 4.78 is 0. The number of hydrazine groups is 1. The molecule has 1 heterocycles. The number of nitrogens with one attached hydrogen (secondary N) is 5. The van der Waals surface area contributed by atoms with Crippen molar-refractivity contribution in [1.29, 1.82) is 0 Å². The van der Waals surface area contributed by atoms with E-state index >= 15 is 0 Å². The molecule has 0 aliphatic carbocycles. The normalized spacial score (nSPS) is 24.6. The number of hydrogen-bond acceptors (Lipinski definition) is 12. The second kappa shape index (κ2) is 20.2. The van der Waals surface area contributed by atoms with Crippen LogP contribution in [0.1, 0.15) is 64.9 Å². The van der Waals surface area contributed by atoms with Gasteiger partial charge in [-0.2, -0.15) is 11.8 Å². The Morgan fingerprint density at radius 2 is 1.55 bits per heavy atom. The summed E-state index contributed by atoms with van der Waals surface area (Å²) in [5, 5.41) is 17.6. The number of ketones is 3. The van der Waals surface area contributed by atoms with E-state index in [1.54, 1.807) is 26.0 Å². The van der Waals surface area contributed by atoms with Gasteiger partial charge in [-0.3, -0.25) is 38.4 Å². The molecule has 1 aliphatic heterocycles. The molecule has 0 saturated carbocycles. The number of primary amides is 2. The van der Waals surface area contributed by atoms with E-state index in [0.717, 1.165) is 0 Å². The summed E-state index contributed by atoms with van der Waals surface area (Å²) in [6.45, 7) is 4.77. The number of thioether (sulfide) groups is 1. The van der Waals surface area contributed by atoms with Gasteiger partial charge in [0.25, 0.3) is 0 Å². The van der Waals surface area contributed by atoms with Gasteiger partial charge in [0.05, 0.1) is 24.5 Å². The number of nitrogens with two attached hydrogens (primary N) is 2. The molecule has 1 aromatic carbocycles. The Kier molecular flexibility index (Phi) is 16.9. The van der Waals surface area contributed by atoms with E-state index in [-0.39, 0.29) is 43.0 Å². The number of aromatic hydroxyl groups is 1. The molecule has 0 aromatic heterocycles. The van der Waals surface area contributed by atoms with Crippen molar-refractivity contribution in [3.05, 3.63) is 29.8 Å². The number of benzene rings is 1. The summed E-state index contributed by atoms with van der Waals surface area (Å²) in [5.41, 5.74) is 16.5. The highest BCUT2D eigenvalue weighted by Crippen LogP contribution is 2.15. The number of hydrogen-bond donors (Lipinski definition) is 8. The summed E-state index contributed by atoms with van der Waals surface area (Å²) in [6, 6.07) is -0.279. The lowest BCUT2D eigenvalue weighted by molar-refractivity contribution is -0.141. The van der Waals surface area contributed by atoms with Gasteiger partial charge in [-0.1, -0.05) is 32.4 Å². The van der Waals surface area contributed by atoms with Crippen molar-refractivity contribution in [2.45, 2.75) is 95.9 Å². The molecule has 0 unspecified atom stereocenters. The maximum Gasteiger partial charge on any atom is 0.243 e. The molecule has 0 radical (unpaired) electrons.